The minimum absolute atomic E-state index is 0.271. The zero-order chi connectivity index (χ0) is 16.9. The van der Waals surface area contributed by atoms with E-state index in [0.29, 0.717) is 25.5 Å². The number of ether oxygens (including phenoxy) is 1. The molecule has 0 amide bonds. The van der Waals surface area contributed by atoms with Gasteiger partial charge in [-0.1, -0.05) is 12.1 Å². The molecule has 2 aromatic rings. The number of aliphatic imine (C=N–C) groups is 1. The Kier molecular flexibility index (Phi) is 5.32. The van der Waals surface area contributed by atoms with Crippen LogP contribution in [0.1, 0.15) is 21.7 Å². The van der Waals surface area contributed by atoms with Crippen molar-refractivity contribution in [1.29, 1.82) is 0 Å². The van der Waals surface area contributed by atoms with Crippen molar-refractivity contribution in [2.45, 2.75) is 6.54 Å². The number of anilines is 1. The first kappa shape index (κ1) is 16.7. The molecule has 3 rings (SSSR count). The van der Waals surface area contributed by atoms with E-state index in [-0.39, 0.29) is 5.56 Å². The Morgan fingerprint density at radius 2 is 2.00 bits per heavy atom. The van der Waals surface area contributed by atoms with Crippen LogP contribution < -0.4 is 4.90 Å². The van der Waals surface area contributed by atoms with Gasteiger partial charge in [0, 0.05) is 19.2 Å². The molecule has 1 saturated heterocycles. The number of morpholine rings is 1. The molecule has 0 radical (unpaired) electrons. The Hall–Kier alpha value is -2.12. The quantitative estimate of drug-likeness (QED) is 0.790. The van der Waals surface area contributed by atoms with Gasteiger partial charge in [0.1, 0.15) is 5.76 Å². The van der Waals surface area contributed by atoms with Crippen molar-refractivity contribution >= 4 is 34.0 Å². The molecule has 1 aliphatic rings. The van der Waals surface area contributed by atoms with E-state index in [9.17, 15) is 4.79 Å². The number of rotatable bonds is 5. The van der Waals surface area contributed by atoms with E-state index >= 15 is 0 Å². The molecule has 1 aromatic heterocycles. The first-order valence-electron chi connectivity index (χ1n) is 7.57. The molecule has 0 unspecified atom stereocenters. The van der Waals surface area contributed by atoms with Crippen LogP contribution in [0.3, 0.4) is 0 Å². The molecule has 0 atom stereocenters. The number of benzene rings is 1. The average molecular weight is 393 g/mol. The van der Waals surface area contributed by atoms with Crippen LogP contribution in [0.25, 0.3) is 0 Å². The molecular formula is C17H17BrN2O4. The Labute approximate surface area is 147 Å². The second-order valence-electron chi connectivity index (χ2n) is 5.37. The lowest BCUT2D eigenvalue weighted by molar-refractivity contribution is 0.0697. The Balaban J connectivity index is 1.63. The fourth-order valence-corrected chi connectivity index (χ4v) is 2.97. The second-order valence-corrected chi connectivity index (χ2v) is 6.23. The maximum atomic E-state index is 10.8. The van der Waals surface area contributed by atoms with E-state index < -0.39 is 5.97 Å². The van der Waals surface area contributed by atoms with Crippen LogP contribution in [0.2, 0.25) is 0 Å². The number of aromatic carboxylic acids is 1. The van der Waals surface area contributed by atoms with E-state index in [1.807, 2.05) is 6.07 Å². The SMILES string of the molecule is O=C(O)c1ccc(CN=Cc2cc(Br)c(N3CCOCC3)o2)cc1. The second kappa shape index (κ2) is 7.63. The minimum Gasteiger partial charge on any atom is -0.478 e. The fourth-order valence-electron chi connectivity index (χ4n) is 2.42. The lowest BCUT2D eigenvalue weighted by atomic mass is 10.1. The Morgan fingerprint density at radius 1 is 1.29 bits per heavy atom. The van der Waals surface area contributed by atoms with Crippen molar-refractivity contribution in [3.05, 3.63) is 51.7 Å². The summed E-state index contributed by atoms with van der Waals surface area (Å²) in [4.78, 5) is 17.3. The molecule has 0 spiro atoms. The van der Waals surface area contributed by atoms with Crippen LogP contribution in [0.4, 0.5) is 5.88 Å². The molecule has 7 heteroatoms. The number of halogens is 1. The predicted octanol–water partition coefficient (Wildman–Crippen LogP) is 3.20. The molecule has 1 aliphatic heterocycles. The highest BCUT2D eigenvalue weighted by Crippen LogP contribution is 2.30. The maximum absolute atomic E-state index is 10.8. The van der Waals surface area contributed by atoms with Crippen molar-refractivity contribution in [3.63, 3.8) is 0 Å². The molecule has 24 heavy (non-hydrogen) atoms. The minimum atomic E-state index is -0.930. The molecule has 0 saturated carbocycles. The standard InChI is InChI=1S/C17H17BrN2O4/c18-15-9-14(24-16(15)20-5-7-23-8-6-20)11-19-10-12-1-3-13(4-2-12)17(21)22/h1-4,9,11H,5-8,10H2,(H,21,22). The third kappa shape index (κ3) is 4.04. The van der Waals surface area contributed by atoms with Gasteiger partial charge in [-0.3, -0.25) is 4.99 Å². The summed E-state index contributed by atoms with van der Waals surface area (Å²) in [6.07, 6.45) is 1.68. The van der Waals surface area contributed by atoms with Crippen LogP contribution in [-0.2, 0) is 11.3 Å². The molecule has 126 valence electrons. The van der Waals surface area contributed by atoms with Gasteiger partial charge in [-0.05, 0) is 33.6 Å². The summed E-state index contributed by atoms with van der Waals surface area (Å²) in [5, 5.41) is 8.88. The van der Waals surface area contributed by atoms with Crippen molar-refractivity contribution in [2.75, 3.05) is 31.2 Å². The van der Waals surface area contributed by atoms with Crippen LogP contribution >= 0.6 is 15.9 Å². The summed E-state index contributed by atoms with van der Waals surface area (Å²) in [6, 6.07) is 8.57. The zero-order valence-electron chi connectivity index (χ0n) is 12.9. The predicted molar refractivity (Wildman–Crippen MR) is 94.1 cm³/mol. The first-order valence-corrected chi connectivity index (χ1v) is 8.37. The van der Waals surface area contributed by atoms with Gasteiger partial charge in [-0.15, -0.1) is 0 Å². The van der Waals surface area contributed by atoms with E-state index in [0.717, 1.165) is 29.0 Å². The molecule has 1 fully saturated rings. The van der Waals surface area contributed by atoms with E-state index in [1.165, 1.54) is 0 Å². The number of furan rings is 1. The van der Waals surface area contributed by atoms with Crippen LogP contribution in [-0.4, -0.2) is 43.6 Å². The fraction of sp³-hybridized carbons (Fsp3) is 0.294. The average Bonchev–Trinajstić information content (AvgIpc) is 2.97. The highest BCUT2D eigenvalue weighted by Gasteiger charge is 2.18. The number of carboxylic acids is 1. The van der Waals surface area contributed by atoms with Crippen LogP contribution in [0, 0.1) is 0 Å². The summed E-state index contributed by atoms with van der Waals surface area (Å²) in [5.41, 5.74) is 1.21. The summed E-state index contributed by atoms with van der Waals surface area (Å²) in [5.74, 6) is 0.539. The van der Waals surface area contributed by atoms with E-state index in [1.54, 1.807) is 30.5 Å². The van der Waals surface area contributed by atoms with Crippen molar-refractivity contribution in [2.24, 2.45) is 4.99 Å². The number of hydrogen-bond donors (Lipinski definition) is 1. The molecule has 1 aromatic carbocycles. The van der Waals surface area contributed by atoms with Gasteiger partial charge in [0.2, 0.25) is 5.88 Å². The van der Waals surface area contributed by atoms with Gasteiger partial charge in [-0.2, -0.15) is 0 Å². The molecule has 0 bridgehead atoms. The Morgan fingerprint density at radius 3 is 2.67 bits per heavy atom. The van der Waals surface area contributed by atoms with Crippen LogP contribution in [0.5, 0.6) is 0 Å². The molecule has 1 N–H and O–H groups in total. The lowest BCUT2D eigenvalue weighted by Gasteiger charge is -2.26. The molecule has 0 aliphatic carbocycles. The third-order valence-electron chi connectivity index (χ3n) is 3.68. The number of carbonyl (C=O) groups is 1. The highest BCUT2D eigenvalue weighted by molar-refractivity contribution is 9.10. The van der Waals surface area contributed by atoms with E-state index in [4.69, 9.17) is 14.3 Å². The van der Waals surface area contributed by atoms with Crippen molar-refractivity contribution in [1.82, 2.24) is 0 Å². The lowest BCUT2D eigenvalue weighted by Crippen LogP contribution is -2.36. The molecular weight excluding hydrogens is 376 g/mol. The number of nitrogens with zero attached hydrogens (tertiary/aromatic N) is 2. The number of carboxylic acid groups (broad SMARTS) is 1. The highest BCUT2D eigenvalue weighted by atomic mass is 79.9. The van der Waals surface area contributed by atoms with Gasteiger partial charge in [0.05, 0.1) is 36.0 Å². The van der Waals surface area contributed by atoms with Gasteiger partial charge < -0.3 is 19.2 Å². The van der Waals surface area contributed by atoms with Gasteiger partial charge in [0.25, 0.3) is 0 Å². The van der Waals surface area contributed by atoms with E-state index in [2.05, 4.69) is 25.8 Å². The summed E-state index contributed by atoms with van der Waals surface area (Å²) in [6.45, 7) is 3.47. The molecule has 2 heterocycles. The third-order valence-corrected chi connectivity index (χ3v) is 4.25. The van der Waals surface area contributed by atoms with Gasteiger partial charge >= 0.3 is 5.97 Å². The van der Waals surface area contributed by atoms with Crippen LogP contribution in [0.15, 0.2) is 44.2 Å². The normalized spacial score (nSPS) is 15.1. The largest absolute Gasteiger partial charge is 0.478 e. The summed E-state index contributed by atoms with van der Waals surface area (Å²) in [7, 11) is 0. The number of hydrogen-bond acceptors (Lipinski definition) is 5. The monoisotopic (exact) mass is 392 g/mol. The van der Waals surface area contributed by atoms with Gasteiger partial charge in [-0.25, -0.2) is 4.79 Å². The summed E-state index contributed by atoms with van der Waals surface area (Å²) < 4.78 is 12.1. The zero-order valence-corrected chi connectivity index (χ0v) is 14.5. The topological polar surface area (TPSA) is 75.3 Å². The van der Waals surface area contributed by atoms with Gasteiger partial charge in [0.15, 0.2) is 0 Å². The first-order chi connectivity index (χ1) is 11.6. The maximum Gasteiger partial charge on any atom is 0.335 e. The summed E-state index contributed by atoms with van der Waals surface area (Å²) >= 11 is 3.52. The van der Waals surface area contributed by atoms with Crippen molar-refractivity contribution < 1.29 is 19.1 Å². The molecule has 6 nitrogen and oxygen atoms in total. The van der Waals surface area contributed by atoms with Crippen molar-refractivity contribution in [3.8, 4) is 0 Å². The Bertz CT molecular complexity index is 734. The smallest absolute Gasteiger partial charge is 0.335 e.